The Balaban J connectivity index is 2.49. The van der Waals surface area contributed by atoms with Crippen LogP contribution >= 0.6 is 23.9 Å². The van der Waals surface area contributed by atoms with E-state index in [1.165, 1.54) is 0 Å². The predicted molar refractivity (Wildman–Crippen MR) is 106 cm³/mol. The van der Waals surface area contributed by atoms with Gasteiger partial charge in [-0.25, -0.2) is 0 Å². The highest BCUT2D eigenvalue weighted by atomic mass is 79.9. The van der Waals surface area contributed by atoms with Crippen LogP contribution in [0.2, 0.25) is 0 Å². The Labute approximate surface area is 153 Å². The van der Waals surface area contributed by atoms with Crippen LogP contribution in [-0.4, -0.2) is 22.2 Å². The van der Waals surface area contributed by atoms with Gasteiger partial charge < -0.3 is 10.5 Å². The first-order valence-electron chi connectivity index (χ1n) is 7.81. The van der Waals surface area contributed by atoms with Crippen LogP contribution in [0.4, 0.5) is 0 Å². The van der Waals surface area contributed by atoms with Crippen molar-refractivity contribution in [1.29, 1.82) is 0 Å². The number of esters is 1. The van der Waals surface area contributed by atoms with Gasteiger partial charge in [0, 0.05) is 0 Å². The minimum atomic E-state index is -0.993. The van der Waals surface area contributed by atoms with E-state index in [1.807, 2.05) is 81.4 Å². The van der Waals surface area contributed by atoms with Gasteiger partial charge in [-0.3, -0.25) is 4.79 Å². The minimum absolute atomic E-state index is 0.273. The maximum atomic E-state index is 12.9. The molecule has 128 valence electrons. The fourth-order valence-electron chi connectivity index (χ4n) is 2.39. The van der Waals surface area contributed by atoms with Gasteiger partial charge in [0.25, 0.3) is 0 Å². The Hall–Kier alpha value is -1.22. The third kappa shape index (κ3) is 5.14. The lowest BCUT2D eigenvalue weighted by Crippen LogP contribution is -2.43. The summed E-state index contributed by atoms with van der Waals surface area (Å²) in [5.74, 6) is -0.273. The van der Waals surface area contributed by atoms with Crippen molar-refractivity contribution in [3.8, 4) is 0 Å². The molecule has 0 amide bonds. The Morgan fingerprint density at radius 1 is 1.00 bits per heavy atom. The molecule has 0 aromatic heterocycles. The van der Waals surface area contributed by atoms with E-state index in [-0.39, 0.29) is 5.97 Å². The average Bonchev–Trinajstić information content (AvgIpc) is 2.52. The molecule has 2 aromatic carbocycles. The second-order valence-electron chi connectivity index (χ2n) is 6.46. The van der Waals surface area contributed by atoms with E-state index in [9.17, 15) is 4.79 Å². The molecule has 5 heteroatoms. The first kappa shape index (κ1) is 19.1. The van der Waals surface area contributed by atoms with Crippen molar-refractivity contribution in [1.82, 2.24) is 0 Å². The molecule has 0 fully saturated rings. The van der Waals surface area contributed by atoms with E-state index >= 15 is 0 Å². The van der Waals surface area contributed by atoms with Gasteiger partial charge in [-0.15, -0.1) is 0 Å². The minimum Gasteiger partial charge on any atom is -0.459 e. The summed E-state index contributed by atoms with van der Waals surface area (Å²) in [6, 6.07) is 20.1. The molecule has 2 unspecified atom stereocenters. The van der Waals surface area contributed by atoms with E-state index in [4.69, 9.17) is 10.5 Å². The Bertz CT molecular complexity index is 617. The van der Waals surface area contributed by atoms with E-state index in [0.29, 0.717) is 0 Å². The lowest BCUT2D eigenvalue weighted by molar-refractivity contribution is -0.154. The van der Waals surface area contributed by atoms with Gasteiger partial charge in [-0.2, -0.15) is 0 Å². The molecule has 2 rings (SSSR count). The summed E-state index contributed by atoms with van der Waals surface area (Å²) in [5, 5.41) is 2.20. The molecule has 3 nitrogen and oxygen atoms in total. The molecule has 2 N–H and O–H groups in total. The number of benzene rings is 2. The summed E-state index contributed by atoms with van der Waals surface area (Å²) < 4.78 is 5.65. The lowest BCUT2D eigenvalue weighted by Gasteiger charge is -2.31. The van der Waals surface area contributed by atoms with Crippen molar-refractivity contribution in [2.75, 3.05) is 0 Å². The number of hydrogen-bond donors (Lipinski definition) is 1. The maximum Gasteiger partial charge on any atom is 0.316 e. The highest BCUT2D eigenvalue weighted by Gasteiger charge is 2.37. The summed E-state index contributed by atoms with van der Waals surface area (Å²) in [4.78, 5) is 12.4. The highest BCUT2D eigenvalue weighted by molar-refractivity contribution is 9.09. The quantitative estimate of drug-likeness (QED) is 0.357. The fourth-order valence-corrected chi connectivity index (χ4v) is 5.79. The van der Waals surface area contributed by atoms with Crippen LogP contribution in [0.1, 0.15) is 20.8 Å². The first-order chi connectivity index (χ1) is 11.3. The van der Waals surface area contributed by atoms with Crippen LogP contribution in [0.3, 0.4) is 0 Å². The molecule has 2 atom stereocenters. The van der Waals surface area contributed by atoms with E-state index < -0.39 is 24.1 Å². The smallest absolute Gasteiger partial charge is 0.316 e. The molecule has 0 aliphatic carbocycles. The van der Waals surface area contributed by atoms with Gasteiger partial charge in [-0.05, 0) is 39.3 Å². The van der Waals surface area contributed by atoms with Gasteiger partial charge in [0.1, 0.15) is 11.3 Å². The summed E-state index contributed by atoms with van der Waals surface area (Å²) >= 11 is 3.44. The average molecular weight is 408 g/mol. The van der Waals surface area contributed by atoms with Gasteiger partial charge in [0.15, 0.2) is 0 Å². The van der Waals surface area contributed by atoms with Gasteiger partial charge in [0.2, 0.25) is 0 Å². The molecule has 0 spiro atoms. The number of halogens is 1. The third-order valence-corrected chi connectivity index (χ3v) is 7.03. The number of nitrogens with two attached hydrogens (primary N) is 1. The number of carbonyl (C=O) groups excluding carboxylic acids is 1. The van der Waals surface area contributed by atoms with Crippen molar-refractivity contribution >= 4 is 40.4 Å². The summed E-state index contributed by atoms with van der Waals surface area (Å²) in [6.45, 7) is 5.61. The standard InChI is InChI=1S/C19H23BrNO2P/c1-19(2,3)23-18(22)16(17(20)21)24(14-10-6-4-7-11-14)15-12-8-5-9-13-15/h4-13,16-17H,21H2,1-3H3. The zero-order valence-electron chi connectivity index (χ0n) is 14.1. The summed E-state index contributed by atoms with van der Waals surface area (Å²) in [6.07, 6.45) is 0. The predicted octanol–water partition coefficient (Wildman–Crippen LogP) is 3.51. The molecule has 0 heterocycles. The number of rotatable bonds is 5. The topological polar surface area (TPSA) is 52.3 Å². The normalized spacial score (nSPS) is 14.2. The molecular formula is C19H23BrNO2P. The highest BCUT2D eigenvalue weighted by Crippen LogP contribution is 2.43. The largest absolute Gasteiger partial charge is 0.459 e. The first-order valence-corrected chi connectivity index (χ1v) is 10.1. The molecule has 24 heavy (non-hydrogen) atoms. The fraction of sp³-hybridized carbons (Fsp3) is 0.316. The van der Waals surface area contributed by atoms with E-state index in [0.717, 1.165) is 10.6 Å². The van der Waals surface area contributed by atoms with Crippen molar-refractivity contribution in [2.24, 2.45) is 5.73 Å². The Morgan fingerprint density at radius 3 is 1.75 bits per heavy atom. The van der Waals surface area contributed by atoms with Crippen LogP contribution in [-0.2, 0) is 9.53 Å². The second kappa shape index (κ2) is 8.24. The molecule has 0 saturated carbocycles. The zero-order chi connectivity index (χ0) is 17.7. The molecule has 0 bridgehead atoms. The van der Waals surface area contributed by atoms with Gasteiger partial charge >= 0.3 is 5.97 Å². The summed E-state index contributed by atoms with van der Waals surface area (Å²) in [5.41, 5.74) is 5.15. The molecular weight excluding hydrogens is 385 g/mol. The monoisotopic (exact) mass is 407 g/mol. The SMILES string of the molecule is CC(C)(C)OC(=O)C(C(N)Br)P(c1ccccc1)c1ccccc1. The Morgan fingerprint density at radius 2 is 1.42 bits per heavy atom. The van der Waals surface area contributed by atoms with E-state index in [2.05, 4.69) is 15.9 Å². The van der Waals surface area contributed by atoms with Crippen LogP contribution in [0.5, 0.6) is 0 Å². The van der Waals surface area contributed by atoms with Crippen molar-refractivity contribution in [3.63, 3.8) is 0 Å². The van der Waals surface area contributed by atoms with Crippen molar-refractivity contribution in [2.45, 2.75) is 37.0 Å². The molecule has 2 aromatic rings. The number of alkyl halides is 1. The lowest BCUT2D eigenvalue weighted by atomic mass is 10.2. The van der Waals surface area contributed by atoms with Crippen LogP contribution in [0.15, 0.2) is 60.7 Å². The van der Waals surface area contributed by atoms with Crippen molar-refractivity contribution in [3.05, 3.63) is 60.7 Å². The van der Waals surface area contributed by atoms with Crippen LogP contribution in [0, 0.1) is 0 Å². The number of carbonyl (C=O) groups is 1. The second-order valence-corrected chi connectivity index (χ2v) is 9.85. The Kier molecular flexibility index (Phi) is 6.56. The van der Waals surface area contributed by atoms with Gasteiger partial charge in [-0.1, -0.05) is 76.6 Å². The van der Waals surface area contributed by atoms with E-state index in [1.54, 1.807) is 0 Å². The molecule has 0 radical (unpaired) electrons. The van der Waals surface area contributed by atoms with Gasteiger partial charge in [0.05, 0.1) is 4.95 Å². The summed E-state index contributed by atoms with van der Waals surface area (Å²) in [7, 11) is -0.993. The number of hydrogen-bond acceptors (Lipinski definition) is 3. The molecule has 0 aliphatic heterocycles. The third-order valence-electron chi connectivity index (χ3n) is 3.30. The molecule has 0 saturated heterocycles. The van der Waals surface area contributed by atoms with Crippen LogP contribution in [0.25, 0.3) is 0 Å². The molecule has 0 aliphatic rings. The van der Waals surface area contributed by atoms with Crippen LogP contribution < -0.4 is 16.3 Å². The number of ether oxygens (including phenoxy) is 1. The zero-order valence-corrected chi connectivity index (χ0v) is 16.6. The van der Waals surface area contributed by atoms with Crippen molar-refractivity contribution < 1.29 is 9.53 Å². The maximum absolute atomic E-state index is 12.9.